The Hall–Kier alpha value is -3.79. The lowest BCUT2D eigenvalue weighted by Gasteiger charge is -2.09. The zero-order valence-corrected chi connectivity index (χ0v) is 17.7. The van der Waals surface area contributed by atoms with Crippen LogP contribution < -0.4 is 10.0 Å². The Morgan fingerprint density at radius 3 is 2.45 bits per heavy atom. The van der Waals surface area contributed by atoms with Gasteiger partial charge < -0.3 is 5.32 Å². The fourth-order valence-electron chi connectivity index (χ4n) is 3.13. The highest BCUT2D eigenvalue weighted by atomic mass is 32.2. The second kappa shape index (κ2) is 8.15. The van der Waals surface area contributed by atoms with Gasteiger partial charge >= 0.3 is 0 Å². The Bertz CT molecular complexity index is 1350. The first-order chi connectivity index (χ1) is 14.9. The van der Waals surface area contributed by atoms with E-state index >= 15 is 0 Å². The van der Waals surface area contributed by atoms with Crippen LogP contribution in [0.3, 0.4) is 0 Å². The summed E-state index contributed by atoms with van der Waals surface area (Å²) < 4.78 is 29.1. The van der Waals surface area contributed by atoms with Crippen molar-refractivity contribution in [1.82, 2.24) is 19.4 Å². The zero-order valence-electron chi connectivity index (χ0n) is 16.9. The Labute approximate surface area is 179 Å². The largest absolute Gasteiger partial charge is 0.321 e. The zero-order chi connectivity index (χ0) is 22.0. The van der Waals surface area contributed by atoms with E-state index in [0.717, 1.165) is 5.56 Å². The average Bonchev–Trinajstić information content (AvgIpc) is 3.12. The summed E-state index contributed by atoms with van der Waals surface area (Å²) >= 11 is 0. The first kappa shape index (κ1) is 20.5. The highest BCUT2D eigenvalue weighted by Crippen LogP contribution is 2.19. The van der Waals surface area contributed by atoms with Crippen LogP contribution in [-0.4, -0.2) is 33.7 Å². The molecular weight excluding hydrogens is 416 g/mol. The van der Waals surface area contributed by atoms with Crippen LogP contribution in [0.1, 0.15) is 28.7 Å². The summed E-state index contributed by atoms with van der Waals surface area (Å²) in [5.41, 5.74) is 3.31. The predicted octanol–water partition coefficient (Wildman–Crippen LogP) is 3.05. The molecule has 3 aromatic heterocycles. The molecule has 4 aromatic rings. The third kappa shape index (κ3) is 4.24. The summed E-state index contributed by atoms with van der Waals surface area (Å²) in [6.07, 6.45) is 5.35. The molecule has 4 rings (SSSR count). The third-order valence-corrected chi connectivity index (χ3v) is 5.95. The van der Waals surface area contributed by atoms with E-state index in [2.05, 4.69) is 25.0 Å². The van der Waals surface area contributed by atoms with Gasteiger partial charge in [0.15, 0.2) is 0 Å². The van der Waals surface area contributed by atoms with E-state index in [1.807, 2.05) is 32.2 Å². The highest BCUT2D eigenvalue weighted by molar-refractivity contribution is 7.92. The molecule has 0 unspecified atom stereocenters. The molecule has 0 atom stereocenters. The average molecular weight is 436 g/mol. The number of hydrogen-bond acceptors (Lipinski definition) is 6. The molecule has 1 aromatic carbocycles. The molecule has 1 amide bonds. The van der Waals surface area contributed by atoms with Crippen LogP contribution in [0, 0.1) is 6.92 Å². The van der Waals surface area contributed by atoms with Gasteiger partial charge in [0.2, 0.25) is 5.95 Å². The van der Waals surface area contributed by atoms with Crippen molar-refractivity contribution in [3.8, 4) is 0 Å². The molecule has 0 saturated heterocycles. The number of imidazole rings is 1. The number of aryl methyl sites for hydroxylation is 2. The Morgan fingerprint density at radius 2 is 1.77 bits per heavy atom. The summed E-state index contributed by atoms with van der Waals surface area (Å²) in [4.78, 5) is 25.2. The van der Waals surface area contributed by atoms with Crippen LogP contribution in [0.15, 0.2) is 66.0 Å². The Kier molecular flexibility index (Phi) is 5.38. The van der Waals surface area contributed by atoms with Crippen LogP contribution in [0.4, 0.5) is 11.6 Å². The molecule has 0 saturated carbocycles. The van der Waals surface area contributed by atoms with Gasteiger partial charge in [-0.3, -0.25) is 9.20 Å². The smallest absolute Gasteiger partial charge is 0.274 e. The molecule has 0 fully saturated rings. The topological polar surface area (TPSA) is 118 Å². The summed E-state index contributed by atoms with van der Waals surface area (Å²) in [7, 11) is -3.85. The van der Waals surface area contributed by atoms with Crippen LogP contribution >= 0.6 is 0 Å². The van der Waals surface area contributed by atoms with Crippen molar-refractivity contribution in [2.24, 2.45) is 0 Å². The molecule has 9 nitrogen and oxygen atoms in total. The van der Waals surface area contributed by atoms with E-state index in [4.69, 9.17) is 0 Å². The lowest BCUT2D eigenvalue weighted by molar-refractivity contribution is 0.102. The molecule has 10 heteroatoms. The summed E-state index contributed by atoms with van der Waals surface area (Å²) in [5.74, 6) is -0.337. The molecule has 158 valence electrons. The van der Waals surface area contributed by atoms with Gasteiger partial charge in [0.1, 0.15) is 11.3 Å². The predicted molar refractivity (Wildman–Crippen MR) is 117 cm³/mol. The Balaban J connectivity index is 1.56. The monoisotopic (exact) mass is 436 g/mol. The highest BCUT2D eigenvalue weighted by Gasteiger charge is 2.19. The molecule has 0 aliphatic rings. The molecule has 0 radical (unpaired) electrons. The molecule has 0 aliphatic heterocycles. The quantitative estimate of drug-likeness (QED) is 0.480. The van der Waals surface area contributed by atoms with Crippen molar-refractivity contribution in [3.05, 3.63) is 78.0 Å². The SMILES string of the molecule is CCc1nc2ccc(C)cn2c1C(=O)Nc1ccc(S(=O)(=O)Nc2ncccn2)cc1. The second-order valence-corrected chi connectivity index (χ2v) is 8.53. The number of rotatable bonds is 6. The molecule has 31 heavy (non-hydrogen) atoms. The maximum atomic E-state index is 13.0. The van der Waals surface area contributed by atoms with Gasteiger partial charge in [-0.15, -0.1) is 0 Å². The van der Waals surface area contributed by atoms with E-state index in [-0.39, 0.29) is 16.8 Å². The van der Waals surface area contributed by atoms with Crippen molar-refractivity contribution < 1.29 is 13.2 Å². The maximum Gasteiger partial charge on any atom is 0.274 e. The van der Waals surface area contributed by atoms with E-state index in [9.17, 15) is 13.2 Å². The van der Waals surface area contributed by atoms with Gasteiger partial charge in [-0.2, -0.15) is 0 Å². The summed E-state index contributed by atoms with van der Waals surface area (Å²) in [5, 5.41) is 2.82. The number of benzene rings is 1. The van der Waals surface area contributed by atoms with Crippen molar-refractivity contribution in [3.63, 3.8) is 0 Å². The third-order valence-electron chi connectivity index (χ3n) is 4.60. The van der Waals surface area contributed by atoms with Crippen molar-refractivity contribution in [1.29, 1.82) is 0 Å². The molecule has 0 aliphatic carbocycles. The number of carbonyl (C=O) groups excluding carboxylic acids is 1. The van der Waals surface area contributed by atoms with Crippen LogP contribution in [0.5, 0.6) is 0 Å². The van der Waals surface area contributed by atoms with Crippen LogP contribution in [0.25, 0.3) is 5.65 Å². The minimum atomic E-state index is -3.85. The number of nitrogens with zero attached hydrogens (tertiary/aromatic N) is 4. The summed E-state index contributed by atoms with van der Waals surface area (Å²) in [6.45, 7) is 3.88. The van der Waals surface area contributed by atoms with Gasteiger partial charge in [0, 0.05) is 24.3 Å². The minimum Gasteiger partial charge on any atom is -0.321 e. The van der Waals surface area contributed by atoms with Gasteiger partial charge in [0.05, 0.1) is 10.6 Å². The van der Waals surface area contributed by atoms with Crippen molar-refractivity contribution in [2.75, 3.05) is 10.0 Å². The molecule has 2 N–H and O–H groups in total. The fraction of sp³-hybridized carbons (Fsp3) is 0.143. The number of amides is 1. The Morgan fingerprint density at radius 1 is 1.06 bits per heavy atom. The molecule has 0 spiro atoms. The number of nitrogens with one attached hydrogen (secondary N) is 2. The van der Waals surface area contributed by atoms with E-state index in [0.29, 0.717) is 29.1 Å². The van der Waals surface area contributed by atoms with E-state index < -0.39 is 10.0 Å². The summed E-state index contributed by atoms with van der Waals surface area (Å²) in [6, 6.07) is 11.3. The number of aromatic nitrogens is 4. The number of fused-ring (bicyclic) bond motifs is 1. The standard InChI is InChI=1S/C21H20N6O3S/c1-3-17-19(27-13-14(2)5-10-18(27)25-17)20(28)24-15-6-8-16(9-7-15)31(29,30)26-21-22-11-4-12-23-21/h4-13H,3H2,1-2H3,(H,24,28)(H,22,23,26). The second-order valence-electron chi connectivity index (χ2n) is 6.85. The van der Waals surface area contributed by atoms with E-state index in [1.165, 1.54) is 36.7 Å². The number of carbonyl (C=O) groups is 1. The maximum absolute atomic E-state index is 13.0. The van der Waals surface area contributed by atoms with Crippen LogP contribution in [0.2, 0.25) is 0 Å². The first-order valence-electron chi connectivity index (χ1n) is 9.56. The molecule has 0 bridgehead atoms. The first-order valence-corrected chi connectivity index (χ1v) is 11.0. The minimum absolute atomic E-state index is 0.0186. The number of anilines is 2. The van der Waals surface area contributed by atoms with Crippen molar-refractivity contribution >= 4 is 33.2 Å². The number of sulfonamides is 1. The fourth-order valence-corrected chi connectivity index (χ4v) is 4.08. The van der Waals surface area contributed by atoms with E-state index in [1.54, 1.807) is 10.5 Å². The number of hydrogen-bond donors (Lipinski definition) is 2. The van der Waals surface area contributed by atoms with Gasteiger partial charge in [-0.25, -0.2) is 28.1 Å². The number of pyridine rings is 1. The lowest BCUT2D eigenvalue weighted by atomic mass is 10.2. The van der Waals surface area contributed by atoms with Crippen LogP contribution in [-0.2, 0) is 16.4 Å². The normalized spacial score (nSPS) is 11.4. The van der Waals surface area contributed by atoms with Gasteiger partial charge in [-0.1, -0.05) is 13.0 Å². The van der Waals surface area contributed by atoms with Crippen molar-refractivity contribution in [2.45, 2.75) is 25.2 Å². The lowest BCUT2D eigenvalue weighted by Crippen LogP contribution is -2.17. The molecular formula is C21H20N6O3S. The van der Waals surface area contributed by atoms with Gasteiger partial charge in [0.25, 0.3) is 15.9 Å². The molecule has 3 heterocycles. The van der Waals surface area contributed by atoms with Gasteiger partial charge in [-0.05, 0) is 55.3 Å².